The van der Waals surface area contributed by atoms with Crippen molar-refractivity contribution in [2.75, 3.05) is 6.54 Å². The molecule has 0 fully saturated rings. The van der Waals surface area contributed by atoms with Gasteiger partial charge < -0.3 is 9.88 Å². The number of aryl methyl sites for hydroxylation is 1. The summed E-state index contributed by atoms with van der Waals surface area (Å²) < 4.78 is 0. The lowest BCUT2D eigenvalue weighted by Crippen LogP contribution is -2.36. The van der Waals surface area contributed by atoms with E-state index in [0.29, 0.717) is 18.0 Å². The topological polar surface area (TPSA) is 36.1 Å². The van der Waals surface area contributed by atoms with Crippen LogP contribution in [0.3, 0.4) is 0 Å². The molecule has 1 N–H and O–H groups in total. The molecule has 2 heterocycles. The fraction of sp³-hybridized carbons (Fsp3) is 0.250. The summed E-state index contributed by atoms with van der Waals surface area (Å²) in [5, 5.41) is 1.93. The Kier molecular flexibility index (Phi) is 3.81. The summed E-state index contributed by atoms with van der Waals surface area (Å²) in [4.78, 5) is 18.1. The van der Waals surface area contributed by atoms with Gasteiger partial charge in [-0.05, 0) is 36.2 Å². The monoisotopic (exact) mass is 338 g/mol. The van der Waals surface area contributed by atoms with Crippen LogP contribution in [0.4, 0.5) is 0 Å². The van der Waals surface area contributed by atoms with E-state index in [1.807, 2.05) is 29.2 Å². The number of nitrogens with one attached hydrogen (secondary N) is 1. The van der Waals surface area contributed by atoms with Gasteiger partial charge in [0.1, 0.15) is 0 Å². The van der Waals surface area contributed by atoms with Gasteiger partial charge in [-0.1, -0.05) is 35.9 Å². The van der Waals surface area contributed by atoms with Crippen LogP contribution in [0.1, 0.15) is 22.4 Å². The maximum absolute atomic E-state index is 12.7. The highest BCUT2D eigenvalue weighted by atomic mass is 35.5. The van der Waals surface area contributed by atoms with Crippen molar-refractivity contribution in [3.63, 3.8) is 0 Å². The first-order chi connectivity index (χ1) is 11.6. The summed E-state index contributed by atoms with van der Waals surface area (Å²) in [5.74, 6) is 0.171. The fourth-order valence-electron chi connectivity index (χ4n) is 3.44. The number of benzene rings is 2. The molecule has 0 spiro atoms. The number of H-pyrrole nitrogens is 1. The molecule has 0 saturated carbocycles. The van der Waals surface area contributed by atoms with Gasteiger partial charge in [0.2, 0.25) is 5.91 Å². The Hall–Kier alpha value is -2.26. The smallest absolute Gasteiger partial charge is 0.227 e. The Morgan fingerprint density at radius 1 is 1.21 bits per heavy atom. The molecule has 24 heavy (non-hydrogen) atoms. The highest BCUT2D eigenvalue weighted by molar-refractivity contribution is 6.30. The average molecular weight is 339 g/mol. The molecule has 1 aliphatic heterocycles. The van der Waals surface area contributed by atoms with Gasteiger partial charge in [-0.15, -0.1) is 0 Å². The van der Waals surface area contributed by atoms with Crippen LogP contribution in [0.15, 0.2) is 42.5 Å². The van der Waals surface area contributed by atoms with Gasteiger partial charge in [0.05, 0.1) is 6.42 Å². The van der Waals surface area contributed by atoms with Crippen LogP contribution in [0.25, 0.3) is 10.9 Å². The third kappa shape index (κ3) is 2.80. The molecule has 1 aromatic heterocycles. The number of aromatic amines is 1. The van der Waals surface area contributed by atoms with E-state index in [4.69, 9.17) is 11.6 Å². The van der Waals surface area contributed by atoms with Crippen molar-refractivity contribution in [1.29, 1.82) is 0 Å². The first-order valence-corrected chi connectivity index (χ1v) is 8.60. The lowest BCUT2D eigenvalue weighted by atomic mass is 10.0. The first-order valence-electron chi connectivity index (χ1n) is 8.22. The van der Waals surface area contributed by atoms with E-state index < -0.39 is 0 Å². The van der Waals surface area contributed by atoms with Gasteiger partial charge >= 0.3 is 0 Å². The molecule has 0 saturated heterocycles. The fourth-order valence-corrected chi connectivity index (χ4v) is 3.56. The van der Waals surface area contributed by atoms with Crippen molar-refractivity contribution >= 4 is 28.4 Å². The lowest BCUT2D eigenvalue weighted by molar-refractivity contribution is -0.131. The second-order valence-electron chi connectivity index (χ2n) is 6.50. The van der Waals surface area contributed by atoms with Gasteiger partial charge in [0.15, 0.2) is 0 Å². The molecule has 3 nitrogen and oxygen atoms in total. The van der Waals surface area contributed by atoms with Crippen LogP contribution in [0, 0.1) is 6.92 Å². The van der Waals surface area contributed by atoms with Gasteiger partial charge in [0.25, 0.3) is 0 Å². The summed E-state index contributed by atoms with van der Waals surface area (Å²) in [6, 6.07) is 14.0. The molecular formula is C20H19ClN2O. The standard InChI is InChI=1S/C20H19ClN2O/c1-13-2-7-16-17-12-23(9-8-18(17)22-19(16)10-13)20(24)11-14-3-5-15(21)6-4-14/h2-7,10,22H,8-9,11-12H2,1H3. The molecule has 0 atom stereocenters. The highest BCUT2D eigenvalue weighted by Crippen LogP contribution is 2.28. The zero-order chi connectivity index (χ0) is 16.7. The SMILES string of the molecule is Cc1ccc2c3c([nH]c2c1)CCN(C(=O)Cc1ccc(Cl)cc1)C3. The summed E-state index contributed by atoms with van der Waals surface area (Å²) in [6.45, 7) is 3.55. The van der Waals surface area contributed by atoms with Gasteiger partial charge in [-0.3, -0.25) is 4.79 Å². The maximum atomic E-state index is 12.7. The van der Waals surface area contributed by atoms with Crippen LogP contribution >= 0.6 is 11.6 Å². The number of fused-ring (bicyclic) bond motifs is 3. The predicted molar refractivity (Wildman–Crippen MR) is 97.3 cm³/mol. The molecule has 0 bridgehead atoms. The number of halogens is 1. The Morgan fingerprint density at radius 2 is 2.00 bits per heavy atom. The van der Waals surface area contributed by atoms with E-state index >= 15 is 0 Å². The minimum atomic E-state index is 0.171. The van der Waals surface area contributed by atoms with Crippen molar-refractivity contribution in [2.24, 2.45) is 0 Å². The lowest BCUT2D eigenvalue weighted by Gasteiger charge is -2.27. The number of nitrogens with zero attached hydrogens (tertiary/aromatic N) is 1. The number of hydrogen-bond acceptors (Lipinski definition) is 1. The van der Waals surface area contributed by atoms with Gasteiger partial charge in [0, 0.05) is 46.7 Å². The Labute approximate surface area is 146 Å². The van der Waals surface area contributed by atoms with Crippen molar-refractivity contribution in [3.05, 3.63) is 69.9 Å². The van der Waals surface area contributed by atoms with E-state index in [9.17, 15) is 4.79 Å². The number of amides is 1. The van der Waals surface area contributed by atoms with E-state index in [1.165, 1.54) is 27.7 Å². The number of aromatic nitrogens is 1. The van der Waals surface area contributed by atoms with Crippen molar-refractivity contribution in [1.82, 2.24) is 9.88 Å². The summed E-state index contributed by atoms with van der Waals surface area (Å²) >= 11 is 5.91. The number of rotatable bonds is 2. The Morgan fingerprint density at radius 3 is 2.79 bits per heavy atom. The molecule has 1 aliphatic rings. The summed E-state index contributed by atoms with van der Waals surface area (Å²) in [5.41, 5.74) is 5.96. The van der Waals surface area contributed by atoms with Gasteiger partial charge in [-0.25, -0.2) is 0 Å². The second-order valence-corrected chi connectivity index (χ2v) is 6.94. The van der Waals surface area contributed by atoms with Crippen LogP contribution in [-0.2, 0) is 24.2 Å². The summed E-state index contributed by atoms with van der Waals surface area (Å²) in [7, 11) is 0. The summed E-state index contributed by atoms with van der Waals surface area (Å²) in [6.07, 6.45) is 1.31. The first kappa shape index (κ1) is 15.3. The largest absolute Gasteiger partial charge is 0.358 e. The molecule has 0 aliphatic carbocycles. The molecule has 2 aromatic carbocycles. The van der Waals surface area contributed by atoms with Crippen LogP contribution < -0.4 is 0 Å². The Balaban J connectivity index is 1.56. The maximum Gasteiger partial charge on any atom is 0.227 e. The molecule has 4 heteroatoms. The molecule has 0 radical (unpaired) electrons. The van der Waals surface area contributed by atoms with Crippen molar-refractivity contribution in [2.45, 2.75) is 26.3 Å². The number of hydrogen-bond donors (Lipinski definition) is 1. The quantitative estimate of drug-likeness (QED) is 0.744. The minimum absolute atomic E-state index is 0.171. The van der Waals surface area contributed by atoms with Crippen LogP contribution in [0.2, 0.25) is 5.02 Å². The molecule has 3 aromatic rings. The van der Waals surface area contributed by atoms with Crippen molar-refractivity contribution in [3.8, 4) is 0 Å². The number of carbonyl (C=O) groups is 1. The molecule has 4 rings (SSSR count). The van der Waals surface area contributed by atoms with E-state index in [0.717, 1.165) is 18.5 Å². The normalized spacial score (nSPS) is 14.0. The second kappa shape index (κ2) is 5.99. The molecule has 122 valence electrons. The zero-order valence-electron chi connectivity index (χ0n) is 13.6. The predicted octanol–water partition coefficient (Wildman–Crippen LogP) is 4.26. The van der Waals surface area contributed by atoms with E-state index in [2.05, 4.69) is 30.1 Å². The minimum Gasteiger partial charge on any atom is -0.358 e. The van der Waals surface area contributed by atoms with Crippen molar-refractivity contribution < 1.29 is 4.79 Å². The van der Waals surface area contributed by atoms with Crippen LogP contribution in [-0.4, -0.2) is 22.3 Å². The zero-order valence-corrected chi connectivity index (χ0v) is 14.4. The van der Waals surface area contributed by atoms with E-state index in [1.54, 1.807) is 0 Å². The molecule has 0 unspecified atom stereocenters. The highest BCUT2D eigenvalue weighted by Gasteiger charge is 2.24. The number of carbonyl (C=O) groups excluding carboxylic acids is 1. The Bertz CT molecular complexity index is 911. The molecular weight excluding hydrogens is 320 g/mol. The molecule has 1 amide bonds. The van der Waals surface area contributed by atoms with E-state index in [-0.39, 0.29) is 5.91 Å². The third-order valence-electron chi connectivity index (χ3n) is 4.75. The van der Waals surface area contributed by atoms with Gasteiger partial charge in [-0.2, -0.15) is 0 Å². The average Bonchev–Trinajstić information content (AvgIpc) is 2.93. The van der Waals surface area contributed by atoms with Crippen LogP contribution in [0.5, 0.6) is 0 Å². The third-order valence-corrected chi connectivity index (χ3v) is 5.00.